The Hall–Kier alpha value is -7.80. The number of phenols is 4. The minimum absolute atomic E-state index is 0.0309. The third-order valence-corrected chi connectivity index (χ3v) is 17.0. The van der Waals surface area contributed by atoms with Gasteiger partial charge in [-0.2, -0.15) is 0 Å². The van der Waals surface area contributed by atoms with Crippen molar-refractivity contribution in [2.24, 2.45) is 11.8 Å². The Kier molecular flexibility index (Phi) is 16.5. The van der Waals surface area contributed by atoms with Crippen molar-refractivity contribution in [3.05, 3.63) is 105 Å². The second-order valence-electron chi connectivity index (χ2n) is 22.6. The molecule has 5 unspecified atom stereocenters. The first kappa shape index (κ1) is 58.4. The zero-order chi connectivity index (χ0) is 59.3. The average Bonchev–Trinajstić information content (AvgIpc) is 2.29. The number of fused-ring (bicyclic) bond motifs is 3. The van der Waals surface area contributed by atoms with Crippen molar-refractivity contribution in [1.29, 1.82) is 0 Å². The number of rotatable bonds is 15. The average molecular weight is 1140 g/mol. The minimum atomic E-state index is -2.37. The Morgan fingerprint density at radius 2 is 1.54 bits per heavy atom. The van der Waals surface area contributed by atoms with Crippen LogP contribution in [0.1, 0.15) is 143 Å². The highest BCUT2D eigenvalue weighted by Gasteiger charge is 2.51. The molecule has 23 nitrogen and oxygen atoms in total. The lowest BCUT2D eigenvalue weighted by Crippen LogP contribution is -2.57. The fourth-order valence-corrected chi connectivity index (χ4v) is 12.5. The zero-order valence-electron chi connectivity index (χ0n) is 46.8. The summed E-state index contributed by atoms with van der Waals surface area (Å²) in [6.45, 7) is 9.12. The molecule has 3 amide bonds. The Balaban J connectivity index is 0.751. The maximum atomic E-state index is 14.1. The number of aliphatic hydroxyl groups is 3. The molecular formula is C60H69N7O16. The Morgan fingerprint density at radius 3 is 2.20 bits per heavy atom. The number of methoxy groups -OCH3 is 1. The highest BCUT2D eigenvalue weighted by molar-refractivity contribution is 6.31. The Morgan fingerprint density at radius 1 is 0.855 bits per heavy atom. The van der Waals surface area contributed by atoms with Crippen LogP contribution in [0.2, 0.25) is 0 Å². The summed E-state index contributed by atoms with van der Waals surface area (Å²) in [5.41, 5.74) is -1.64. The molecule has 0 bridgehead atoms. The van der Waals surface area contributed by atoms with Gasteiger partial charge in [-0.15, -0.1) is 10.2 Å². The quantitative estimate of drug-likeness (QED) is 0.0660. The van der Waals surface area contributed by atoms with E-state index in [1.165, 1.54) is 31.4 Å². The molecule has 3 aliphatic heterocycles. The maximum Gasteiger partial charge on any atom is 0.289 e. The number of hydrogen-bond donors (Lipinski definition) is 9. The number of aliphatic hydroxyl groups excluding tert-OH is 2. The van der Waals surface area contributed by atoms with Gasteiger partial charge in [0.25, 0.3) is 5.91 Å². The van der Waals surface area contributed by atoms with Crippen molar-refractivity contribution >= 4 is 35.1 Å². The summed E-state index contributed by atoms with van der Waals surface area (Å²) in [5.74, 6) is -5.65. The Bertz CT molecular complexity index is 3380. The smallest absolute Gasteiger partial charge is 0.289 e. The highest BCUT2D eigenvalue weighted by Crippen LogP contribution is 2.53. The Labute approximate surface area is 477 Å². The number of carbonyl (C=O) groups is 6. The molecule has 4 heterocycles. The van der Waals surface area contributed by atoms with E-state index >= 15 is 0 Å². The molecule has 440 valence electrons. The number of phenolic OH excluding ortho intramolecular Hbond substituents is 4. The molecule has 3 saturated heterocycles. The summed E-state index contributed by atoms with van der Waals surface area (Å²) in [5, 5.41) is 92.3. The second kappa shape index (κ2) is 23.5. The van der Waals surface area contributed by atoms with Crippen LogP contribution >= 0.6 is 0 Å². The number of aromatic hydroxyl groups is 4. The van der Waals surface area contributed by atoms with E-state index in [0.29, 0.717) is 81.8 Å². The number of aromatic nitrogens is 3. The van der Waals surface area contributed by atoms with E-state index in [1.807, 2.05) is 43.0 Å². The molecule has 4 aromatic carbocycles. The predicted molar refractivity (Wildman–Crippen MR) is 295 cm³/mol. The van der Waals surface area contributed by atoms with Gasteiger partial charge in [0, 0.05) is 85.7 Å². The first-order valence-electron chi connectivity index (χ1n) is 28.1. The number of hydrogen-bond acceptors (Lipinski definition) is 19. The molecule has 83 heavy (non-hydrogen) atoms. The monoisotopic (exact) mass is 1140 g/mol. The molecule has 1 aromatic heterocycles. The van der Waals surface area contributed by atoms with Crippen molar-refractivity contribution < 1.29 is 78.7 Å². The van der Waals surface area contributed by atoms with Gasteiger partial charge in [-0.3, -0.25) is 38.2 Å². The minimum Gasteiger partial charge on any atom is -0.508 e. The van der Waals surface area contributed by atoms with Crippen molar-refractivity contribution in [2.45, 2.75) is 121 Å². The molecule has 23 heteroatoms. The number of Topliss-reactive ketones (excluding diaryl/α,β-unsaturated/α-hetero) is 1. The maximum absolute atomic E-state index is 14.1. The van der Waals surface area contributed by atoms with Crippen LogP contribution in [0, 0.1) is 11.8 Å². The van der Waals surface area contributed by atoms with Crippen LogP contribution in [0.15, 0.2) is 54.6 Å². The van der Waals surface area contributed by atoms with Crippen molar-refractivity contribution in [2.75, 3.05) is 46.4 Å². The van der Waals surface area contributed by atoms with E-state index in [0.717, 1.165) is 5.56 Å². The molecule has 0 radical (unpaired) electrons. The molecule has 10 rings (SSSR count). The van der Waals surface area contributed by atoms with E-state index < -0.39 is 107 Å². The van der Waals surface area contributed by atoms with Gasteiger partial charge in [0.15, 0.2) is 23.7 Å². The standard InChI is InChI=1S/C60H69N7O16/c1-6-61-58(78)56-64-63-55(37-22-36(29(2)3)40(69)24-41(37)70)67(56)34-12-10-31(11-13-34)27-65-18-14-33(15-19-65)59(79)66-20-16-32(17-21-66)57(77)62-39-23-45(82-30(4)50(39)72)83-43-26-60(80,44(71)28-68)25-38-47(43)54(76)49-48(52(38)74)51(73)35-8-7-9-42(81-5)46(35)53(49)75/h7-13,22,24,29-30,32-33,39,43,45,50,68-70,72,74,76,80H,6,14-21,23,25-28H2,1-5H3,(H,61,78)(H,62,77)/t30?,39?,43?,45?,50?,60-/m0/s1. The number of carbonyl (C=O) groups excluding carboxylic acids is 6. The fraction of sp³-hybridized carbons (Fsp3) is 0.467. The molecule has 2 aliphatic carbocycles. The van der Waals surface area contributed by atoms with E-state index in [1.54, 1.807) is 24.5 Å². The van der Waals surface area contributed by atoms with Crippen LogP contribution in [0.3, 0.4) is 0 Å². The molecule has 6 atom stereocenters. The number of piperidine rings is 2. The first-order chi connectivity index (χ1) is 39.7. The molecular weight excluding hydrogens is 1070 g/mol. The third kappa shape index (κ3) is 10.9. The fourth-order valence-electron chi connectivity index (χ4n) is 12.5. The SMILES string of the molecule is CCNC(=O)c1nnc(-c2cc(C(C)C)c(O)cc2O)n1-c1ccc(CN2CCC(C(=O)N3CCC(C(=O)NC4CC(OC5C[C@](O)(C(=O)CO)Cc6c(O)c7c(c(O)c65)C(=O)c5c(OC)cccc5C7=O)OC(C)C4O)CC3)CC2)cc1. The molecule has 0 saturated carbocycles. The number of amides is 3. The van der Waals surface area contributed by atoms with Crippen LogP contribution < -0.4 is 15.4 Å². The third-order valence-electron chi connectivity index (χ3n) is 17.0. The molecule has 5 aromatic rings. The van der Waals surface area contributed by atoms with Gasteiger partial charge in [0.05, 0.1) is 47.6 Å². The normalized spacial score (nSPS) is 23.1. The van der Waals surface area contributed by atoms with Crippen molar-refractivity contribution in [1.82, 2.24) is 35.2 Å². The predicted octanol–water partition coefficient (Wildman–Crippen LogP) is 3.84. The summed E-state index contributed by atoms with van der Waals surface area (Å²) in [4.78, 5) is 86.3. The lowest BCUT2D eigenvalue weighted by molar-refractivity contribution is -0.249. The number of ether oxygens (including phenoxy) is 3. The van der Waals surface area contributed by atoms with Crippen molar-refractivity contribution in [3.8, 4) is 45.8 Å². The number of ketones is 3. The van der Waals surface area contributed by atoms with Gasteiger partial charge in [0.1, 0.15) is 47.1 Å². The number of nitrogens with zero attached hydrogens (tertiary/aromatic N) is 5. The summed E-state index contributed by atoms with van der Waals surface area (Å²) in [6, 6.07) is 13.9. The number of benzene rings is 4. The van der Waals surface area contributed by atoms with Gasteiger partial charge in [-0.05, 0) is 93.9 Å². The van der Waals surface area contributed by atoms with E-state index in [4.69, 9.17) is 14.2 Å². The number of nitrogens with one attached hydrogen (secondary N) is 2. The molecule has 0 spiro atoms. The van der Waals surface area contributed by atoms with Gasteiger partial charge in [-0.1, -0.05) is 38.1 Å². The molecule has 3 fully saturated rings. The number of likely N-dealkylation sites (tertiary alicyclic amines) is 2. The van der Waals surface area contributed by atoms with E-state index in [2.05, 4.69) is 25.7 Å². The van der Waals surface area contributed by atoms with Crippen molar-refractivity contribution in [3.63, 3.8) is 0 Å². The zero-order valence-corrected chi connectivity index (χ0v) is 46.8. The van der Waals surface area contributed by atoms with Crippen LogP contribution in [0.4, 0.5) is 0 Å². The molecule has 5 aliphatic rings. The van der Waals surface area contributed by atoms with Crippen LogP contribution in [-0.2, 0) is 36.8 Å². The summed E-state index contributed by atoms with van der Waals surface area (Å²) < 4.78 is 19.4. The lowest BCUT2D eigenvalue weighted by Gasteiger charge is -2.43. The second-order valence-corrected chi connectivity index (χ2v) is 22.6. The van der Waals surface area contributed by atoms with Crippen LogP contribution in [0.5, 0.6) is 28.7 Å². The van der Waals surface area contributed by atoms with Crippen LogP contribution in [0.25, 0.3) is 17.1 Å². The van der Waals surface area contributed by atoms with E-state index in [-0.39, 0.29) is 81.2 Å². The summed E-state index contributed by atoms with van der Waals surface area (Å²) in [7, 11) is 1.31. The van der Waals surface area contributed by atoms with Gasteiger partial charge in [-0.25, -0.2) is 0 Å². The molecule has 9 N–H and O–H groups in total. The summed E-state index contributed by atoms with van der Waals surface area (Å²) >= 11 is 0. The van der Waals surface area contributed by atoms with E-state index in [9.17, 15) is 64.5 Å². The lowest BCUT2D eigenvalue weighted by atomic mass is 9.72. The first-order valence-corrected chi connectivity index (χ1v) is 28.1. The van der Waals surface area contributed by atoms with Gasteiger partial charge in [0.2, 0.25) is 23.4 Å². The topological polar surface area (TPSA) is 333 Å². The largest absolute Gasteiger partial charge is 0.508 e. The van der Waals surface area contributed by atoms with Gasteiger partial charge < -0.3 is 65.5 Å². The summed E-state index contributed by atoms with van der Waals surface area (Å²) in [6.07, 6.45) is -4.29. The van der Waals surface area contributed by atoms with Gasteiger partial charge >= 0.3 is 0 Å². The highest BCUT2D eigenvalue weighted by atomic mass is 16.7. The van der Waals surface area contributed by atoms with Crippen LogP contribution in [-0.4, -0.2) is 172 Å².